The zero-order chi connectivity index (χ0) is 15.4. The lowest BCUT2D eigenvalue weighted by molar-refractivity contribution is -0.118. The van der Waals surface area contributed by atoms with E-state index in [4.69, 9.17) is 9.47 Å². The Morgan fingerprint density at radius 3 is 3.09 bits per heavy atom. The summed E-state index contributed by atoms with van der Waals surface area (Å²) in [6.45, 7) is 2.69. The lowest BCUT2D eigenvalue weighted by atomic mass is 10.2. The number of carbonyl (C=O) groups is 1. The molecule has 1 aromatic carbocycles. The van der Waals surface area contributed by atoms with Crippen LogP contribution in [0.2, 0.25) is 0 Å². The number of carbonyl (C=O) groups excluding carboxylic acids is 1. The highest BCUT2D eigenvalue weighted by atomic mass is 32.2. The largest absolute Gasteiger partial charge is 0.454 e. The summed E-state index contributed by atoms with van der Waals surface area (Å²) >= 11 is 1.31. The van der Waals surface area contributed by atoms with Gasteiger partial charge in [-0.2, -0.15) is 0 Å². The minimum Gasteiger partial charge on any atom is -0.454 e. The van der Waals surface area contributed by atoms with Crippen molar-refractivity contribution in [2.45, 2.75) is 25.0 Å². The molecule has 8 heteroatoms. The van der Waals surface area contributed by atoms with Crippen LogP contribution in [-0.2, 0) is 17.8 Å². The van der Waals surface area contributed by atoms with Crippen LogP contribution in [0.15, 0.2) is 23.4 Å². The maximum absolute atomic E-state index is 11.8. The topological polar surface area (TPSA) is 89.1 Å². The molecular formula is C14H16N4O3S. The van der Waals surface area contributed by atoms with E-state index in [1.54, 1.807) is 0 Å². The molecule has 1 aliphatic rings. The van der Waals surface area contributed by atoms with Crippen molar-refractivity contribution >= 4 is 17.7 Å². The number of fused-ring (bicyclic) bond motifs is 1. The molecule has 0 saturated heterocycles. The second-order valence-corrected chi connectivity index (χ2v) is 5.61. The first-order valence-corrected chi connectivity index (χ1v) is 7.92. The number of rotatable bonds is 6. The van der Waals surface area contributed by atoms with Gasteiger partial charge in [-0.05, 0) is 17.7 Å². The molecule has 0 atom stereocenters. The Kier molecular flexibility index (Phi) is 4.47. The maximum atomic E-state index is 11.8. The van der Waals surface area contributed by atoms with Crippen molar-refractivity contribution in [3.63, 3.8) is 0 Å². The molecule has 1 amide bonds. The van der Waals surface area contributed by atoms with Gasteiger partial charge in [0.1, 0.15) is 5.82 Å². The van der Waals surface area contributed by atoms with Crippen molar-refractivity contribution in [1.29, 1.82) is 0 Å². The van der Waals surface area contributed by atoms with Gasteiger partial charge < -0.3 is 14.8 Å². The first-order valence-electron chi connectivity index (χ1n) is 6.94. The zero-order valence-corrected chi connectivity index (χ0v) is 12.9. The van der Waals surface area contributed by atoms with Gasteiger partial charge >= 0.3 is 0 Å². The Hall–Kier alpha value is -2.22. The number of aryl methyl sites for hydroxylation is 1. The number of ether oxygens (including phenoxy) is 2. The molecular weight excluding hydrogens is 304 g/mol. The average Bonchev–Trinajstić information content (AvgIpc) is 3.19. The third kappa shape index (κ3) is 3.51. The Balaban J connectivity index is 1.46. The fraction of sp³-hybridized carbons (Fsp3) is 0.357. The van der Waals surface area contributed by atoms with Gasteiger partial charge in [0.15, 0.2) is 11.5 Å². The molecule has 3 rings (SSSR count). The van der Waals surface area contributed by atoms with Crippen molar-refractivity contribution in [2.24, 2.45) is 0 Å². The molecule has 22 heavy (non-hydrogen) atoms. The van der Waals surface area contributed by atoms with Crippen molar-refractivity contribution in [3.05, 3.63) is 29.6 Å². The van der Waals surface area contributed by atoms with Crippen LogP contribution in [0.4, 0.5) is 0 Å². The fourth-order valence-corrected chi connectivity index (χ4v) is 2.58. The van der Waals surface area contributed by atoms with Crippen LogP contribution >= 0.6 is 11.8 Å². The molecule has 2 aromatic rings. The van der Waals surface area contributed by atoms with E-state index in [9.17, 15) is 4.79 Å². The van der Waals surface area contributed by atoms with Crippen LogP contribution in [0.25, 0.3) is 0 Å². The van der Waals surface area contributed by atoms with Crippen molar-refractivity contribution in [1.82, 2.24) is 20.5 Å². The molecule has 0 saturated carbocycles. The SMILES string of the molecule is CCc1nc(SCC(=O)NCc2ccc3c(c2)OCO3)n[nH]1. The van der Waals surface area contributed by atoms with Gasteiger partial charge in [-0.25, -0.2) is 4.98 Å². The Morgan fingerprint density at radius 1 is 1.41 bits per heavy atom. The number of amides is 1. The molecule has 0 bridgehead atoms. The second-order valence-electron chi connectivity index (χ2n) is 4.67. The van der Waals surface area contributed by atoms with Gasteiger partial charge in [0.05, 0.1) is 5.75 Å². The quantitative estimate of drug-likeness (QED) is 0.784. The number of hydrogen-bond acceptors (Lipinski definition) is 6. The molecule has 0 radical (unpaired) electrons. The number of nitrogens with one attached hydrogen (secondary N) is 2. The summed E-state index contributed by atoms with van der Waals surface area (Å²) in [5, 5.41) is 10.3. The number of thioether (sulfide) groups is 1. The first-order chi connectivity index (χ1) is 10.7. The lowest BCUT2D eigenvalue weighted by Gasteiger charge is -2.05. The molecule has 0 unspecified atom stereocenters. The highest BCUT2D eigenvalue weighted by molar-refractivity contribution is 7.99. The smallest absolute Gasteiger partial charge is 0.231 e. The normalized spacial score (nSPS) is 12.4. The Labute approximate surface area is 131 Å². The van der Waals surface area contributed by atoms with Crippen LogP contribution in [0.5, 0.6) is 11.5 Å². The molecule has 0 aliphatic carbocycles. The van der Waals surface area contributed by atoms with E-state index in [0.29, 0.717) is 17.5 Å². The fourth-order valence-electron chi connectivity index (χ4n) is 1.93. The number of nitrogens with zero attached hydrogens (tertiary/aromatic N) is 2. The van der Waals surface area contributed by atoms with E-state index in [0.717, 1.165) is 23.6 Å². The molecule has 116 valence electrons. The molecule has 0 spiro atoms. The highest BCUT2D eigenvalue weighted by Gasteiger charge is 2.13. The van der Waals surface area contributed by atoms with Crippen LogP contribution in [0.1, 0.15) is 18.3 Å². The van der Waals surface area contributed by atoms with E-state index in [1.165, 1.54) is 11.8 Å². The van der Waals surface area contributed by atoms with Gasteiger partial charge in [0, 0.05) is 13.0 Å². The van der Waals surface area contributed by atoms with Gasteiger partial charge in [-0.15, -0.1) is 5.10 Å². The predicted octanol–water partition coefficient (Wildman–Crippen LogP) is 1.50. The standard InChI is InChI=1S/C14H16N4O3S/c1-2-12-16-14(18-17-12)22-7-13(19)15-6-9-3-4-10-11(5-9)21-8-20-10/h3-5H,2,6-8H2,1H3,(H,15,19)(H,16,17,18). The van der Waals surface area contributed by atoms with Gasteiger partial charge in [-0.1, -0.05) is 24.8 Å². The molecule has 2 N–H and O–H groups in total. The van der Waals surface area contributed by atoms with Crippen LogP contribution in [0, 0.1) is 0 Å². The zero-order valence-electron chi connectivity index (χ0n) is 12.1. The summed E-state index contributed by atoms with van der Waals surface area (Å²) in [6.07, 6.45) is 0.796. The predicted molar refractivity (Wildman–Crippen MR) is 80.9 cm³/mol. The van der Waals surface area contributed by atoms with E-state index >= 15 is 0 Å². The minimum atomic E-state index is -0.0643. The van der Waals surface area contributed by atoms with Crippen LogP contribution in [-0.4, -0.2) is 33.6 Å². The van der Waals surface area contributed by atoms with Crippen molar-refractivity contribution in [2.75, 3.05) is 12.5 Å². The lowest BCUT2D eigenvalue weighted by Crippen LogP contribution is -2.24. The molecule has 1 aliphatic heterocycles. The molecule has 7 nitrogen and oxygen atoms in total. The van der Waals surface area contributed by atoms with Gasteiger partial charge in [-0.3, -0.25) is 9.89 Å². The summed E-state index contributed by atoms with van der Waals surface area (Å²) in [5.41, 5.74) is 0.966. The monoisotopic (exact) mass is 320 g/mol. The third-order valence-electron chi connectivity index (χ3n) is 3.11. The third-order valence-corrected chi connectivity index (χ3v) is 3.95. The van der Waals surface area contributed by atoms with Gasteiger partial charge in [0.2, 0.25) is 17.9 Å². The summed E-state index contributed by atoms with van der Waals surface area (Å²) in [7, 11) is 0. The van der Waals surface area contributed by atoms with E-state index in [1.807, 2.05) is 25.1 Å². The number of aromatic amines is 1. The van der Waals surface area contributed by atoms with Crippen molar-refractivity contribution < 1.29 is 14.3 Å². The number of H-pyrrole nitrogens is 1. The van der Waals surface area contributed by atoms with E-state index in [2.05, 4.69) is 20.5 Å². The van der Waals surface area contributed by atoms with Crippen molar-refractivity contribution in [3.8, 4) is 11.5 Å². The summed E-state index contributed by atoms with van der Waals surface area (Å²) < 4.78 is 10.6. The summed E-state index contributed by atoms with van der Waals surface area (Å²) in [6, 6.07) is 5.63. The Bertz CT molecular complexity index is 674. The highest BCUT2D eigenvalue weighted by Crippen LogP contribution is 2.32. The minimum absolute atomic E-state index is 0.0643. The molecule has 2 heterocycles. The van der Waals surface area contributed by atoms with E-state index < -0.39 is 0 Å². The summed E-state index contributed by atoms with van der Waals surface area (Å²) in [4.78, 5) is 16.1. The van der Waals surface area contributed by atoms with Gasteiger partial charge in [0.25, 0.3) is 0 Å². The number of aromatic nitrogens is 3. The number of benzene rings is 1. The Morgan fingerprint density at radius 2 is 2.27 bits per heavy atom. The average molecular weight is 320 g/mol. The van der Waals surface area contributed by atoms with E-state index in [-0.39, 0.29) is 18.5 Å². The first kappa shape index (κ1) is 14.7. The van der Waals surface area contributed by atoms with Crippen LogP contribution < -0.4 is 14.8 Å². The second kappa shape index (κ2) is 6.69. The number of hydrogen-bond donors (Lipinski definition) is 2. The summed E-state index contributed by atoms with van der Waals surface area (Å²) in [5.74, 6) is 2.50. The molecule has 0 fully saturated rings. The molecule has 1 aromatic heterocycles. The maximum Gasteiger partial charge on any atom is 0.231 e. The van der Waals surface area contributed by atoms with Crippen LogP contribution in [0.3, 0.4) is 0 Å².